The van der Waals surface area contributed by atoms with Gasteiger partial charge in [0.1, 0.15) is 11.4 Å². The average molecular weight is 465 g/mol. The predicted octanol–water partition coefficient (Wildman–Crippen LogP) is 7.35. The fourth-order valence-corrected chi connectivity index (χ4v) is 3.47. The van der Waals surface area contributed by atoms with E-state index in [0.717, 1.165) is 5.56 Å². The van der Waals surface area contributed by atoms with Crippen molar-refractivity contribution in [3.8, 4) is 11.3 Å². The molecule has 3 aromatic rings. The van der Waals surface area contributed by atoms with E-state index in [1.165, 1.54) is 11.3 Å². The van der Waals surface area contributed by atoms with Crippen LogP contribution in [0, 0.1) is 0 Å². The molecule has 0 aliphatic heterocycles. The first-order chi connectivity index (χ1) is 11.0. The molecule has 0 radical (unpaired) electrons. The molecule has 0 bridgehead atoms. The van der Waals surface area contributed by atoms with Gasteiger partial charge in [0.2, 0.25) is 0 Å². The number of benzene rings is 2. The Labute approximate surface area is 168 Å². The lowest BCUT2D eigenvalue weighted by Gasteiger charge is -2.01. The van der Waals surface area contributed by atoms with Crippen LogP contribution < -0.4 is 5.73 Å². The van der Waals surface area contributed by atoms with E-state index < -0.39 is 0 Å². The van der Waals surface area contributed by atoms with Crippen molar-refractivity contribution >= 4 is 78.9 Å². The number of azo groups is 1. The summed E-state index contributed by atoms with van der Waals surface area (Å²) < 4.78 is 0. The van der Waals surface area contributed by atoms with Gasteiger partial charge in [-0.05, 0) is 12.1 Å². The standard InChI is InChI=1S/C15H9Cl3N4S.BrH/c16-9-6-10(17)13(11(18)7-9)21-22-14-12(20-15(19)23-14)8-4-2-1-3-5-8;/h1-7H,(H2,19,20);1H. The number of halogens is 4. The van der Waals surface area contributed by atoms with Gasteiger partial charge >= 0.3 is 0 Å². The predicted molar refractivity (Wildman–Crippen MR) is 108 cm³/mol. The van der Waals surface area contributed by atoms with Crippen LogP contribution >= 0.6 is 63.1 Å². The maximum absolute atomic E-state index is 6.10. The quantitative estimate of drug-likeness (QED) is 0.412. The maximum atomic E-state index is 6.10. The summed E-state index contributed by atoms with van der Waals surface area (Å²) in [5.74, 6) is 0. The molecule has 4 nitrogen and oxygen atoms in total. The summed E-state index contributed by atoms with van der Waals surface area (Å²) in [6, 6.07) is 12.7. The lowest BCUT2D eigenvalue weighted by atomic mass is 10.2. The zero-order chi connectivity index (χ0) is 16.4. The Morgan fingerprint density at radius 1 is 0.958 bits per heavy atom. The lowest BCUT2D eigenvalue weighted by Crippen LogP contribution is -1.82. The first-order valence-corrected chi connectivity index (χ1v) is 8.37. The van der Waals surface area contributed by atoms with E-state index in [1.54, 1.807) is 12.1 Å². The van der Waals surface area contributed by atoms with Crippen LogP contribution in [0.5, 0.6) is 0 Å². The van der Waals surface area contributed by atoms with Crippen LogP contribution in [0.15, 0.2) is 52.7 Å². The SMILES string of the molecule is Br.Nc1nc(-c2ccccc2)c(N=Nc2c(Cl)cc(Cl)cc2Cl)s1. The molecule has 2 aromatic carbocycles. The zero-order valence-corrected chi connectivity index (χ0v) is 16.7. The Balaban J connectivity index is 0.00000208. The minimum absolute atomic E-state index is 0. The maximum Gasteiger partial charge on any atom is 0.182 e. The molecule has 0 fully saturated rings. The normalized spacial score (nSPS) is 10.8. The Kier molecular flexibility index (Phi) is 6.60. The first-order valence-electron chi connectivity index (χ1n) is 6.42. The molecule has 0 atom stereocenters. The third kappa shape index (κ3) is 4.26. The Morgan fingerprint density at radius 3 is 2.21 bits per heavy atom. The summed E-state index contributed by atoms with van der Waals surface area (Å²) in [5, 5.41) is 10.4. The third-order valence-corrected chi connectivity index (χ3v) is 4.46. The highest BCUT2D eigenvalue weighted by Gasteiger charge is 2.12. The minimum Gasteiger partial charge on any atom is -0.375 e. The van der Waals surface area contributed by atoms with E-state index >= 15 is 0 Å². The summed E-state index contributed by atoms with van der Waals surface area (Å²) in [6.45, 7) is 0. The van der Waals surface area contributed by atoms with Gasteiger partial charge in [-0.1, -0.05) is 76.5 Å². The van der Waals surface area contributed by atoms with E-state index in [1.807, 2.05) is 30.3 Å². The molecular formula is C15H10BrCl3N4S. The highest BCUT2D eigenvalue weighted by molar-refractivity contribution is 8.93. The summed E-state index contributed by atoms with van der Waals surface area (Å²) >= 11 is 19.3. The zero-order valence-electron chi connectivity index (χ0n) is 11.9. The van der Waals surface area contributed by atoms with Crippen molar-refractivity contribution in [2.45, 2.75) is 0 Å². The number of nitrogen functional groups attached to an aromatic ring is 1. The molecule has 0 saturated heterocycles. The molecule has 3 rings (SSSR count). The molecular weight excluding hydrogens is 455 g/mol. The van der Waals surface area contributed by atoms with Crippen LogP contribution in [-0.2, 0) is 0 Å². The van der Waals surface area contributed by atoms with Gasteiger partial charge in [0.25, 0.3) is 0 Å². The highest BCUT2D eigenvalue weighted by atomic mass is 79.9. The van der Waals surface area contributed by atoms with Crippen LogP contribution in [-0.4, -0.2) is 4.98 Å². The van der Waals surface area contributed by atoms with Gasteiger partial charge in [-0.25, -0.2) is 4.98 Å². The fourth-order valence-electron chi connectivity index (χ4n) is 1.91. The summed E-state index contributed by atoms with van der Waals surface area (Å²) in [5.41, 5.74) is 7.72. The Bertz CT molecular complexity index is 861. The largest absolute Gasteiger partial charge is 0.375 e. The molecule has 0 aliphatic carbocycles. The van der Waals surface area contributed by atoms with Crippen LogP contribution in [0.3, 0.4) is 0 Å². The number of nitrogens with two attached hydrogens (primary N) is 1. The molecule has 9 heteroatoms. The van der Waals surface area contributed by atoms with Gasteiger partial charge in [0.15, 0.2) is 10.1 Å². The summed E-state index contributed by atoms with van der Waals surface area (Å²) in [7, 11) is 0. The number of anilines is 1. The second kappa shape index (κ2) is 8.27. The summed E-state index contributed by atoms with van der Waals surface area (Å²) in [4.78, 5) is 4.31. The van der Waals surface area contributed by atoms with E-state index in [2.05, 4.69) is 15.2 Å². The molecule has 1 heterocycles. The molecule has 0 unspecified atom stereocenters. The van der Waals surface area contributed by atoms with E-state index in [4.69, 9.17) is 40.5 Å². The molecule has 2 N–H and O–H groups in total. The molecule has 0 aliphatic rings. The van der Waals surface area contributed by atoms with Crippen molar-refractivity contribution in [2.75, 3.05) is 5.73 Å². The molecule has 24 heavy (non-hydrogen) atoms. The van der Waals surface area contributed by atoms with E-state index in [9.17, 15) is 0 Å². The fraction of sp³-hybridized carbons (Fsp3) is 0. The summed E-state index contributed by atoms with van der Waals surface area (Å²) in [6.07, 6.45) is 0. The Morgan fingerprint density at radius 2 is 1.58 bits per heavy atom. The van der Waals surface area contributed by atoms with Gasteiger partial charge in [-0.2, -0.15) is 0 Å². The second-order valence-electron chi connectivity index (χ2n) is 4.49. The van der Waals surface area contributed by atoms with Gasteiger partial charge in [0, 0.05) is 10.6 Å². The number of nitrogens with zero attached hydrogens (tertiary/aromatic N) is 3. The van der Waals surface area contributed by atoms with Gasteiger partial charge in [-0.3, -0.25) is 0 Å². The van der Waals surface area contributed by atoms with Crippen LogP contribution in [0.1, 0.15) is 0 Å². The first kappa shape index (κ1) is 19.1. The van der Waals surface area contributed by atoms with Crippen LogP contribution in [0.2, 0.25) is 15.1 Å². The van der Waals surface area contributed by atoms with Crippen molar-refractivity contribution < 1.29 is 0 Å². The van der Waals surface area contributed by atoms with Gasteiger partial charge < -0.3 is 5.73 Å². The number of thiazole rings is 1. The average Bonchev–Trinajstić information content (AvgIpc) is 2.88. The molecule has 0 saturated carbocycles. The molecule has 0 amide bonds. The number of aromatic nitrogens is 1. The highest BCUT2D eigenvalue weighted by Crippen LogP contribution is 2.40. The lowest BCUT2D eigenvalue weighted by molar-refractivity contribution is 1.24. The van der Waals surface area contributed by atoms with Crippen molar-refractivity contribution in [1.29, 1.82) is 0 Å². The van der Waals surface area contributed by atoms with Gasteiger partial charge in [0.05, 0.1) is 10.0 Å². The smallest absolute Gasteiger partial charge is 0.182 e. The topological polar surface area (TPSA) is 63.6 Å². The number of rotatable bonds is 3. The van der Waals surface area contributed by atoms with Crippen molar-refractivity contribution in [3.63, 3.8) is 0 Å². The van der Waals surface area contributed by atoms with Crippen LogP contribution in [0.25, 0.3) is 11.3 Å². The minimum atomic E-state index is 0. The van der Waals surface area contributed by atoms with Crippen molar-refractivity contribution in [3.05, 3.63) is 57.5 Å². The molecule has 0 spiro atoms. The van der Waals surface area contributed by atoms with Crippen molar-refractivity contribution in [2.24, 2.45) is 10.2 Å². The molecule has 124 valence electrons. The monoisotopic (exact) mass is 462 g/mol. The second-order valence-corrected chi connectivity index (χ2v) is 6.75. The number of hydrogen-bond donors (Lipinski definition) is 1. The van der Waals surface area contributed by atoms with E-state index in [0.29, 0.717) is 36.6 Å². The number of hydrogen-bond acceptors (Lipinski definition) is 5. The third-order valence-electron chi connectivity index (χ3n) is 2.90. The van der Waals surface area contributed by atoms with E-state index in [-0.39, 0.29) is 17.0 Å². The van der Waals surface area contributed by atoms with Crippen molar-refractivity contribution in [1.82, 2.24) is 4.98 Å². The Hall–Kier alpha value is -1.18. The van der Waals surface area contributed by atoms with Gasteiger partial charge in [-0.15, -0.1) is 27.2 Å². The molecule has 1 aromatic heterocycles. The van der Waals surface area contributed by atoms with Crippen LogP contribution in [0.4, 0.5) is 15.8 Å².